The van der Waals surface area contributed by atoms with Gasteiger partial charge in [0.25, 0.3) is 0 Å². The Kier molecular flexibility index (Phi) is 3.47. The van der Waals surface area contributed by atoms with Gasteiger partial charge in [0.05, 0.1) is 12.2 Å². The van der Waals surface area contributed by atoms with Crippen LogP contribution >= 0.6 is 0 Å². The lowest BCUT2D eigenvalue weighted by molar-refractivity contribution is 0.0697. The van der Waals surface area contributed by atoms with Gasteiger partial charge in [0.15, 0.2) is 5.82 Å². The standard InChI is InChI=1S/C12H12N4O2/c1-8(9-2-5-13-6-3-9)15-11-10(12(17)18)4-7-14-16-11/h2-8H,1H3,(H,15,16)(H,17,18). The summed E-state index contributed by atoms with van der Waals surface area (Å²) in [6.07, 6.45) is 4.72. The molecule has 2 N–H and O–H groups in total. The fraction of sp³-hybridized carbons (Fsp3) is 0.167. The van der Waals surface area contributed by atoms with Crippen LogP contribution in [0.1, 0.15) is 28.9 Å². The molecular weight excluding hydrogens is 232 g/mol. The van der Waals surface area contributed by atoms with E-state index in [1.165, 1.54) is 12.3 Å². The highest BCUT2D eigenvalue weighted by molar-refractivity contribution is 5.92. The van der Waals surface area contributed by atoms with Gasteiger partial charge in [0.2, 0.25) is 0 Å². The number of carboxylic acids is 1. The molecular formula is C12H12N4O2. The average molecular weight is 244 g/mol. The zero-order valence-electron chi connectivity index (χ0n) is 9.74. The largest absolute Gasteiger partial charge is 0.478 e. The topological polar surface area (TPSA) is 88.0 Å². The van der Waals surface area contributed by atoms with E-state index in [4.69, 9.17) is 5.11 Å². The predicted molar refractivity (Wildman–Crippen MR) is 65.3 cm³/mol. The summed E-state index contributed by atoms with van der Waals surface area (Å²) in [5, 5.41) is 19.6. The molecule has 0 saturated heterocycles. The van der Waals surface area contributed by atoms with Crippen molar-refractivity contribution >= 4 is 11.8 Å². The van der Waals surface area contributed by atoms with Crippen molar-refractivity contribution in [2.45, 2.75) is 13.0 Å². The first-order valence-electron chi connectivity index (χ1n) is 5.40. The number of carbonyl (C=O) groups is 1. The summed E-state index contributed by atoms with van der Waals surface area (Å²) in [4.78, 5) is 15.0. The molecule has 0 aliphatic heterocycles. The van der Waals surface area contributed by atoms with Crippen molar-refractivity contribution in [2.24, 2.45) is 0 Å². The number of aromatic nitrogens is 3. The molecule has 0 aliphatic rings. The molecule has 0 aromatic carbocycles. The predicted octanol–water partition coefficient (Wildman–Crippen LogP) is 1.74. The molecule has 2 heterocycles. The number of rotatable bonds is 4. The van der Waals surface area contributed by atoms with Gasteiger partial charge in [-0.3, -0.25) is 4.98 Å². The van der Waals surface area contributed by atoms with E-state index in [2.05, 4.69) is 20.5 Å². The van der Waals surface area contributed by atoms with E-state index in [0.717, 1.165) is 5.56 Å². The van der Waals surface area contributed by atoms with Crippen LogP contribution in [-0.4, -0.2) is 26.3 Å². The maximum Gasteiger partial charge on any atom is 0.339 e. The van der Waals surface area contributed by atoms with Gasteiger partial charge in [0.1, 0.15) is 5.56 Å². The highest BCUT2D eigenvalue weighted by atomic mass is 16.4. The van der Waals surface area contributed by atoms with Gasteiger partial charge in [-0.2, -0.15) is 5.10 Å². The number of nitrogens with zero attached hydrogens (tertiary/aromatic N) is 3. The van der Waals surface area contributed by atoms with Gasteiger partial charge < -0.3 is 10.4 Å². The number of carboxylic acid groups (broad SMARTS) is 1. The summed E-state index contributed by atoms with van der Waals surface area (Å²) in [6, 6.07) is 5.04. The molecule has 92 valence electrons. The summed E-state index contributed by atoms with van der Waals surface area (Å²) in [6.45, 7) is 1.91. The summed E-state index contributed by atoms with van der Waals surface area (Å²) in [5.41, 5.74) is 1.10. The number of nitrogens with one attached hydrogen (secondary N) is 1. The van der Waals surface area contributed by atoms with Gasteiger partial charge in [-0.15, -0.1) is 5.10 Å². The molecule has 0 amide bonds. The smallest absolute Gasteiger partial charge is 0.339 e. The van der Waals surface area contributed by atoms with Crippen LogP contribution in [0.25, 0.3) is 0 Å². The lowest BCUT2D eigenvalue weighted by atomic mass is 10.1. The number of aromatic carboxylic acids is 1. The maximum absolute atomic E-state index is 11.0. The van der Waals surface area contributed by atoms with E-state index in [-0.39, 0.29) is 17.4 Å². The van der Waals surface area contributed by atoms with Gasteiger partial charge in [0, 0.05) is 12.4 Å². The third kappa shape index (κ3) is 2.60. The van der Waals surface area contributed by atoms with E-state index in [0.29, 0.717) is 0 Å². The van der Waals surface area contributed by atoms with Gasteiger partial charge in [-0.05, 0) is 30.7 Å². The molecule has 1 unspecified atom stereocenters. The minimum atomic E-state index is -1.03. The molecule has 18 heavy (non-hydrogen) atoms. The highest BCUT2D eigenvalue weighted by Gasteiger charge is 2.14. The SMILES string of the molecule is CC(Nc1nnccc1C(=O)O)c1ccncc1. The minimum absolute atomic E-state index is 0.0807. The maximum atomic E-state index is 11.0. The molecule has 0 fully saturated rings. The van der Waals surface area contributed by atoms with Gasteiger partial charge >= 0.3 is 5.97 Å². The monoisotopic (exact) mass is 244 g/mol. The first kappa shape index (κ1) is 12.0. The van der Waals surface area contributed by atoms with Crippen LogP contribution in [0.4, 0.5) is 5.82 Å². The highest BCUT2D eigenvalue weighted by Crippen LogP contribution is 2.19. The first-order valence-corrected chi connectivity index (χ1v) is 5.40. The molecule has 1 atom stereocenters. The molecule has 0 bridgehead atoms. The van der Waals surface area contributed by atoms with Crippen LogP contribution in [0, 0.1) is 0 Å². The minimum Gasteiger partial charge on any atom is -0.478 e. The number of pyridine rings is 1. The van der Waals surface area contributed by atoms with Crippen LogP contribution in [-0.2, 0) is 0 Å². The average Bonchev–Trinajstić information content (AvgIpc) is 2.40. The fourth-order valence-electron chi connectivity index (χ4n) is 1.55. The lowest BCUT2D eigenvalue weighted by Crippen LogP contribution is -2.12. The van der Waals surface area contributed by atoms with Crippen molar-refractivity contribution in [3.8, 4) is 0 Å². The quantitative estimate of drug-likeness (QED) is 0.851. The Hall–Kier alpha value is -2.50. The van der Waals surface area contributed by atoms with Crippen molar-refractivity contribution in [1.29, 1.82) is 0 Å². The Bertz CT molecular complexity index is 545. The molecule has 2 aromatic heterocycles. The zero-order chi connectivity index (χ0) is 13.0. The first-order chi connectivity index (χ1) is 8.68. The Balaban J connectivity index is 2.22. The van der Waals surface area contributed by atoms with Crippen LogP contribution in [0.2, 0.25) is 0 Å². The molecule has 0 spiro atoms. The second kappa shape index (κ2) is 5.22. The Morgan fingerprint density at radius 1 is 1.28 bits per heavy atom. The Morgan fingerprint density at radius 2 is 2.00 bits per heavy atom. The molecule has 6 heteroatoms. The lowest BCUT2D eigenvalue weighted by Gasteiger charge is -2.15. The van der Waals surface area contributed by atoms with Crippen molar-refractivity contribution in [3.63, 3.8) is 0 Å². The number of hydrogen-bond donors (Lipinski definition) is 2. The van der Waals surface area contributed by atoms with Crippen molar-refractivity contribution in [1.82, 2.24) is 15.2 Å². The molecule has 2 rings (SSSR count). The summed E-state index contributed by atoms with van der Waals surface area (Å²) in [7, 11) is 0. The third-order valence-corrected chi connectivity index (χ3v) is 2.51. The second-order valence-corrected chi connectivity index (χ2v) is 3.75. The fourth-order valence-corrected chi connectivity index (χ4v) is 1.55. The number of hydrogen-bond acceptors (Lipinski definition) is 5. The summed E-state index contributed by atoms with van der Waals surface area (Å²) >= 11 is 0. The molecule has 0 aliphatic carbocycles. The summed E-state index contributed by atoms with van der Waals surface area (Å²) in [5.74, 6) is -0.774. The number of anilines is 1. The van der Waals surface area contributed by atoms with Gasteiger partial charge in [-0.25, -0.2) is 4.79 Å². The Morgan fingerprint density at radius 3 is 2.67 bits per heavy atom. The van der Waals surface area contributed by atoms with E-state index >= 15 is 0 Å². The van der Waals surface area contributed by atoms with E-state index in [1.807, 2.05) is 19.1 Å². The van der Waals surface area contributed by atoms with Gasteiger partial charge in [-0.1, -0.05) is 0 Å². The van der Waals surface area contributed by atoms with Crippen molar-refractivity contribution in [2.75, 3.05) is 5.32 Å². The van der Waals surface area contributed by atoms with Crippen LogP contribution in [0.15, 0.2) is 36.8 Å². The molecule has 6 nitrogen and oxygen atoms in total. The normalized spacial score (nSPS) is 11.8. The van der Waals surface area contributed by atoms with E-state index in [9.17, 15) is 4.79 Å². The van der Waals surface area contributed by atoms with Crippen LogP contribution in [0.5, 0.6) is 0 Å². The van der Waals surface area contributed by atoms with Crippen LogP contribution in [0.3, 0.4) is 0 Å². The summed E-state index contributed by atoms with van der Waals surface area (Å²) < 4.78 is 0. The molecule has 0 radical (unpaired) electrons. The van der Waals surface area contributed by atoms with E-state index in [1.54, 1.807) is 12.4 Å². The van der Waals surface area contributed by atoms with Crippen molar-refractivity contribution in [3.05, 3.63) is 47.9 Å². The third-order valence-electron chi connectivity index (χ3n) is 2.51. The molecule has 0 saturated carbocycles. The van der Waals surface area contributed by atoms with E-state index < -0.39 is 5.97 Å². The van der Waals surface area contributed by atoms with Crippen LogP contribution < -0.4 is 5.32 Å². The Labute approximate surface area is 104 Å². The molecule has 2 aromatic rings. The zero-order valence-corrected chi connectivity index (χ0v) is 9.74. The second-order valence-electron chi connectivity index (χ2n) is 3.75. The van der Waals surface area contributed by atoms with Crippen molar-refractivity contribution < 1.29 is 9.90 Å².